The number of aromatic amines is 1. The van der Waals surface area contributed by atoms with E-state index in [1.807, 2.05) is 43.3 Å². The standard InChI is InChI=1S/C27H39N7O5/c1-5-6-16-39-26-30-24(28)23-25(31-26)34(27(37)29-23)14-7-13-33(21(35)12-15-32(2)3)18-20-10-8-19(9-11-20)17-22(36)38-4/h8-11H,5-7,12-18H2,1-4H3,(H,29,37)(H2,28,30,31). The van der Waals surface area contributed by atoms with E-state index in [9.17, 15) is 14.4 Å². The summed E-state index contributed by atoms with van der Waals surface area (Å²) >= 11 is 0. The highest BCUT2D eigenvalue weighted by atomic mass is 16.5. The largest absolute Gasteiger partial charge is 0.469 e. The molecule has 3 N–H and O–H groups in total. The van der Waals surface area contributed by atoms with Gasteiger partial charge < -0.3 is 30.0 Å². The fraction of sp³-hybridized carbons (Fsp3) is 0.519. The van der Waals surface area contributed by atoms with Crippen molar-refractivity contribution in [2.75, 3.05) is 46.6 Å². The van der Waals surface area contributed by atoms with E-state index in [0.29, 0.717) is 56.8 Å². The van der Waals surface area contributed by atoms with Crippen molar-refractivity contribution in [2.45, 2.75) is 52.1 Å². The first-order valence-corrected chi connectivity index (χ1v) is 13.2. The van der Waals surface area contributed by atoms with Crippen LogP contribution in [0.1, 0.15) is 43.7 Å². The number of aromatic nitrogens is 4. The summed E-state index contributed by atoms with van der Waals surface area (Å²) in [5.41, 5.74) is 8.24. The van der Waals surface area contributed by atoms with E-state index in [4.69, 9.17) is 15.2 Å². The molecule has 0 radical (unpaired) electrons. The molecular formula is C27H39N7O5. The van der Waals surface area contributed by atoms with E-state index in [1.54, 1.807) is 4.90 Å². The Kier molecular flexibility index (Phi) is 10.9. The molecule has 0 unspecified atom stereocenters. The molecule has 12 nitrogen and oxygen atoms in total. The van der Waals surface area contributed by atoms with Crippen LogP contribution >= 0.6 is 0 Å². The highest BCUT2D eigenvalue weighted by molar-refractivity contribution is 5.82. The van der Waals surface area contributed by atoms with Crippen LogP contribution in [0.2, 0.25) is 0 Å². The van der Waals surface area contributed by atoms with Gasteiger partial charge in [-0.1, -0.05) is 37.6 Å². The lowest BCUT2D eigenvalue weighted by Crippen LogP contribution is -2.34. The molecule has 12 heteroatoms. The molecule has 1 amide bonds. The number of hydrogen-bond acceptors (Lipinski definition) is 9. The second kappa shape index (κ2) is 14.3. The van der Waals surface area contributed by atoms with E-state index >= 15 is 0 Å². The number of nitrogen functional groups attached to an aromatic ring is 1. The zero-order valence-corrected chi connectivity index (χ0v) is 23.2. The zero-order valence-electron chi connectivity index (χ0n) is 23.2. The van der Waals surface area contributed by atoms with Crippen LogP contribution in [0.3, 0.4) is 0 Å². The first kappa shape index (κ1) is 29.6. The Hall–Kier alpha value is -3.93. The second-order valence-electron chi connectivity index (χ2n) is 9.67. The van der Waals surface area contributed by atoms with Gasteiger partial charge >= 0.3 is 17.7 Å². The Bertz CT molecular complexity index is 1300. The number of ether oxygens (including phenoxy) is 2. The number of anilines is 1. The molecule has 212 valence electrons. The van der Waals surface area contributed by atoms with E-state index in [0.717, 1.165) is 24.0 Å². The lowest BCUT2D eigenvalue weighted by molar-refractivity contribution is -0.139. The highest BCUT2D eigenvalue weighted by Crippen LogP contribution is 2.18. The van der Waals surface area contributed by atoms with Crippen LogP contribution in [0.25, 0.3) is 11.2 Å². The number of rotatable bonds is 15. The predicted molar refractivity (Wildman–Crippen MR) is 148 cm³/mol. The summed E-state index contributed by atoms with van der Waals surface area (Å²) in [6, 6.07) is 7.69. The molecule has 0 saturated heterocycles. The Labute approximate surface area is 228 Å². The first-order valence-electron chi connectivity index (χ1n) is 13.2. The molecule has 0 bridgehead atoms. The summed E-state index contributed by atoms with van der Waals surface area (Å²) in [5, 5.41) is 0. The number of esters is 1. The van der Waals surface area contributed by atoms with Gasteiger partial charge in [0, 0.05) is 32.6 Å². The van der Waals surface area contributed by atoms with Crippen molar-refractivity contribution in [2.24, 2.45) is 0 Å². The van der Waals surface area contributed by atoms with Crippen LogP contribution in [0.5, 0.6) is 6.01 Å². The summed E-state index contributed by atoms with van der Waals surface area (Å²) in [4.78, 5) is 52.4. The monoisotopic (exact) mass is 541 g/mol. The van der Waals surface area contributed by atoms with Gasteiger partial charge in [-0.2, -0.15) is 9.97 Å². The lowest BCUT2D eigenvalue weighted by atomic mass is 10.1. The fourth-order valence-corrected chi connectivity index (χ4v) is 4.02. The summed E-state index contributed by atoms with van der Waals surface area (Å²) in [6.07, 6.45) is 2.92. The van der Waals surface area contributed by atoms with Gasteiger partial charge in [-0.15, -0.1) is 0 Å². The van der Waals surface area contributed by atoms with Gasteiger partial charge in [0.25, 0.3) is 0 Å². The summed E-state index contributed by atoms with van der Waals surface area (Å²) < 4.78 is 11.8. The molecule has 3 aromatic rings. The number of methoxy groups -OCH3 is 1. The average Bonchev–Trinajstić information content (AvgIpc) is 3.23. The molecule has 2 heterocycles. The maximum atomic E-state index is 13.1. The molecule has 1 aromatic carbocycles. The topological polar surface area (TPSA) is 149 Å². The van der Waals surface area contributed by atoms with Crippen molar-refractivity contribution < 1.29 is 19.1 Å². The minimum Gasteiger partial charge on any atom is -0.469 e. The molecule has 0 saturated carbocycles. The number of amides is 1. The Balaban J connectivity index is 1.72. The van der Waals surface area contributed by atoms with Crippen molar-refractivity contribution in [3.8, 4) is 6.01 Å². The number of fused-ring (bicyclic) bond motifs is 1. The van der Waals surface area contributed by atoms with Gasteiger partial charge in [-0.3, -0.25) is 14.2 Å². The fourth-order valence-electron chi connectivity index (χ4n) is 4.02. The Morgan fingerprint density at radius 3 is 2.46 bits per heavy atom. The van der Waals surface area contributed by atoms with Gasteiger partial charge in [-0.05, 0) is 38.1 Å². The van der Waals surface area contributed by atoms with E-state index in [-0.39, 0.29) is 35.8 Å². The highest BCUT2D eigenvalue weighted by Gasteiger charge is 2.17. The Morgan fingerprint density at radius 2 is 1.79 bits per heavy atom. The summed E-state index contributed by atoms with van der Waals surface area (Å²) in [6.45, 7) is 4.34. The first-order chi connectivity index (χ1) is 18.7. The molecule has 0 aliphatic carbocycles. The van der Waals surface area contributed by atoms with Crippen molar-refractivity contribution in [3.63, 3.8) is 0 Å². The number of nitrogens with one attached hydrogen (secondary N) is 1. The number of carbonyl (C=O) groups excluding carboxylic acids is 2. The molecule has 0 spiro atoms. The molecule has 39 heavy (non-hydrogen) atoms. The average molecular weight is 542 g/mol. The van der Waals surface area contributed by atoms with E-state index in [2.05, 4.69) is 21.9 Å². The van der Waals surface area contributed by atoms with Crippen LogP contribution in [0.4, 0.5) is 5.82 Å². The van der Waals surface area contributed by atoms with E-state index in [1.165, 1.54) is 11.7 Å². The number of aryl methyl sites for hydroxylation is 1. The SMILES string of the molecule is CCCCOc1nc(N)c2[nH]c(=O)n(CCCN(Cc3ccc(CC(=O)OC)cc3)C(=O)CCN(C)C)c2n1. The van der Waals surface area contributed by atoms with Crippen molar-refractivity contribution in [1.82, 2.24) is 29.3 Å². The van der Waals surface area contributed by atoms with Gasteiger partial charge in [-0.25, -0.2) is 4.79 Å². The molecule has 0 fully saturated rings. The Morgan fingerprint density at radius 1 is 1.08 bits per heavy atom. The van der Waals surface area contributed by atoms with Gasteiger partial charge in [0.05, 0.1) is 20.1 Å². The molecule has 2 aromatic heterocycles. The number of H-pyrrole nitrogens is 1. The smallest absolute Gasteiger partial charge is 0.327 e. The van der Waals surface area contributed by atoms with Crippen LogP contribution in [-0.4, -0.2) is 82.1 Å². The van der Waals surface area contributed by atoms with Crippen molar-refractivity contribution in [1.29, 1.82) is 0 Å². The minimum atomic E-state index is -0.344. The van der Waals surface area contributed by atoms with Crippen molar-refractivity contribution >= 4 is 28.9 Å². The van der Waals surface area contributed by atoms with Gasteiger partial charge in [0.1, 0.15) is 5.52 Å². The zero-order chi connectivity index (χ0) is 28.4. The maximum Gasteiger partial charge on any atom is 0.327 e. The predicted octanol–water partition coefficient (Wildman–Crippen LogP) is 1.97. The number of unbranched alkanes of at least 4 members (excludes halogenated alkanes) is 1. The molecule has 0 atom stereocenters. The summed E-state index contributed by atoms with van der Waals surface area (Å²) in [5.74, 6) is -0.132. The van der Waals surface area contributed by atoms with Gasteiger partial charge in [0.15, 0.2) is 11.5 Å². The van der Waals surface area contributed by atoms with Crippen LogP contribution < -0.4 is 16.2 Å². The number of benzene rings is 1. The van der Waals surface area contributed by atoms with Crippen LogP contribution in [0, 0.1) is 0 Å². The van der Waals surface area contributed by atoms with Gasteiger partial charge in [0.2, 0.25) is 5.91 Å². The number of carbonyl (C=O) groups is 2. The normalized spacial score (nSPS) is 11.2. The summed E-state index contributed by atoms with van der Waals surface area (Å²) in [7, 11) is 5.21. The molecule has 3 rings (SSSR count). The number of nitrogens with zero attached hydrogens (tertiary/aromatic N) is 5. The lowest BCUT2D eigenvalue weighted by Gasteiger charge is -2.24. The third kappa shape index (κ3) is 8.54. The number of imidazole rings is 1. The minimum absolute atomic E-state index is 0.0202. The van der Waals surface area contributed by atoms with Crippen LogP contribution in [0.15, 0.2) is 29.1 Å². The molecule has 0 aliphatic heterocycles. The maximum absolute atomic E-state index is 13.1. The molecule has 0 aliphatic rings. The van der Waals surface area contributed by atoms with E-state index < -0.39 is 0 Å². The number of hydrogen-bond donors (Lipinski definition) is 2. The third-order valence-corrected chi connectivity index (χ3v) is 6.27. The van der Waals surface area contributed by atoms with Crippen LogP contribution in [-0.2, 0) is 33.8 Å². The van der Waals surface area contributed by atoms with Crippen molar-refractivity contribution in [3.05, 3.63) is 45.9 Å². The number of nitrogens with two attached hydrogens (primary N) is 1. The third-order valence-electron chi connectivity index (χ3n) is 6.27. The molecular weight excluding hydrogens is 502 g/mol. The quantitative estimate of drug-likeness (QED) is 0.217. The second-order valence-corrected chi connectivity index (χ2v) is 9.67.